The van der Waals surface area contributed by atoms with Crippen LogP contribution in [0.1, 0.15) is 5.56 Å². The molecule has 0 aliphatic heterocycles. The van der Waals surface area contributed by atoms with E-state index in [0.717, 1.165) is 5.56 Å². The number of likely N-dealkylation sites (N-methyl/N-ethyl adjacent to an activating group) is 1. The van der Waals surface area contributed by atoms with Crippen molar-refractivity contribution in [3.8, 4) is 0 Å². The van der Waals surface area contributed by atoms with Crippen LogP contribution in [0.3, 0.4) is 0 Å². The third kappa shape index (κ3) is 3.68. The SMILES string of the molecule is CN(CCc1ccc(F)c(Cl)c1)C(=O)CS. The quantitative estimate of drug-likeness (QED) is 0.826. The van der Waals surface area contributed by atoms with E-state index in [0.29, 0.717) is 13.0 Å². The lowest BCUT2D eigenvalue weighted by Crippen LogP contribution is -2.29. The smallest absolute Gasteiger partial charge is 0.232 e. The first-order chi connectivity index (χ1) is 7.54. The van der Waals surface area contributed by atoms with E-state index < -0.39 is 5.82 Å². The highest BCUT2D eigenvalue weighted by molar-refractivity contribution is 7.81. The highest BCUT2D eigenvalue weighted by Gasteiger charge is 2.07. The number of rotatable bonds is 4. The second-order valence-corrected chi connectivity index (χ2v) is 4.20. The molecule has 1 rings (SSSR count). The molecule has 0 unspecified atom stereocenters. The Balaban J connectivity index is 2.55. The maximum Gasteiger partial charge on any atom is 0.232 e. The van der Waals surface area contributed by atoms with E-state index >= 15 is 0 Å². The number of benzene rings is 1. The van der Waals surface area contributed by atoms with Crippen molar-refractivity contribution >= 4 is 30.1 Å². The van der Waals surface area contributed by atoms with Gasteiger partial charge in [0, 0.05) is 13.6 Å². The Labute approximate surface area is 105 Å². The van der Waals surface area contributed by atoms with E-state index in [4.69, 9.17) is 11.6 Å². The maximum absolute atomic E-state index is 12.9. The van der Waals surface area contributed by atoms with Gasteiger partial charge in [-0.2, -0.15) is 12.6 Å². The fraction of sp³-hybridized carbons (Fsp3) is 0.364. The number of amides is 1. The molecule has 0 radical (unpaired) electrons. The van der Waals surface area contributed by atoms with Crippen LogP contribution in [0.4, 0.5) is 4.39 Å². The zero-order valence-corrected chi connectivity index (χ0v) is 10.6. The Morgan fingerprint density at radius 2 is 2.25 bits per heavy atom. The van der Waals surface area contributed by atoms with E-state index in [-0.39, 0.29) is 16.7 Å². The lowest BCUT2D eigenvalue weighted by atomic mass is 10.1. The molecular formula is C11H13ClFNOS. The van der Waals surface area contributed by atoms with Crippen molar-refractivity contribution in [2.45, 2.75) is 6.42 Å². The zero-order valence-electron chi connectivity index (χ0n) is 8.91. The van der Waals surface area contributed by atoms with Crippen LogP contribution in [-0.2, 0) is 11.2 Å². The van der Waals surface area contributed by atoms with Crippen LogP contribution < -0.4 is 0 Å². The van der Waals surface area contributed by atoms with E-state index in [2.05, 4.69) is 12.6 Å². The Kier molecular flexibility index (Phi) is 5.09. The predicted molar refractivity (Wildman–Crippen MR) is 66.6 cm³/mol. The second-order valence-electron chi connectivity index (χ2n) is 3.47. The summed E-state index contributed by atoms with van der Waals surface area (Å²) in [5.74, 6) is -0.262. The van der Waals surface area contributed by atoms with Crippen LogP contribution in [0.5, 0.6) is 0 Å². The average molecular weight is 262 g/mol. The van der Waals surface area contributed by atoms with Gasteiger partial charge in [-0.05, 0) is 24.1 Å². The minimum absolute atomic E-state index is 0.0310. The van der Waals surface area contributed by atoms with Gasteiger partial charge >= 0.3 is 0 Å². The summed E-state index contributed by atoms with van der Waals surface area (Å²) in [6.07, 6.45) is 0.649. The van der Waals surface area contributed by atoms with Crippen molar-refractivity contribution in [3.63, 3.8) is 0 Å². The molecule has 0 saturated carbocycles. The van der Waals surface area contributed by atoms with Gasteiger partial charge in [-0.25, -0.2) is 4.39 Å². The summed E-state index contributed by atoms with van der Waals surface area (Å²) in [5, 5.41) is 0.112. The summed E-state index contributed by atoms with van der Waals surface area (Å²) in [7, 11) is 1.71. The number of carbonyl (C=O) groups excluding carboxylic acids is 1. The standard InChI is InChI=1S/C11H13ClFNOS/c1-14(11(15)7-16)5-4-8-2-3-10(13)9(12)6-8/h2-3,6,16H,4-5,7H2,1H3. The van der Waals surface area contributed by atoms with Gasteiger partial charge in [0.1, 0.15) is 5.82 Å². The van der Waals surface area contributed by atoms with E-state index in [1.54, 1.807) is 24.1 Å². The van der Waals surface area contributed by atoms with Crippen LogP contribution in [0.25, 0.3) is 0 Å². The number of carbonyl (C=O) groups is 1. The molecule has 0 heterocycles. The third-order valence-corrected chi connectivity index (χ3v) is 2.84. The summed E-state index contributed by atoms with van der Waals surface area (Å²) in [4.78, 5) is 12.8. The first kappa shape index (κ1) is 13.3. The van der Waals surface area contributed by atoms with Gasteiger partial charge < -0.3 is 4.90 Å². The molecule has 2 nitrogen and oxygen atoms in total. The van der Waals surface area contributed by atoms with Gasteiger partial charge in [0.2, 0.25) is 5.91 Å². The van der Waals surface area contributed by atoms with Gasteiger partial charge in [-0.15, -0.1) is 0 Å². The Bertz CT molecular complexity index is 386. The summed E-state index contributed by atoms with van der Waals surface area (Å²) >= 11 is 9.55. The normalized spacial score (nSPS) is 10.2. The lowest BCUT2D eigenvalue weighted by Gasteiger charge is -2.15. The lowest BCUT2D eigenvalue weighted by molar-refractivity contribution is -0.127. The molecule has 16 heavy (non-hydrogen) atoms. The van der Waals surface area contributed by atoms with E-state index in [9.17, 15) is 9.18 Å². The molecule has 0 fully saturated rings. The van der Waals surface area contributed by atoms with Gasteiger partial charge in [-0.1, -0.05) is 17.7 Å². The van der Waals surface area contributed by atoms with Crippen LogP contribution in [0, 0.1) is 5.82 Å². The van der Waals surface area contributed by atoms with Crippen molar-refractivity contribution in [2.75, 3.05) is 19.3 Å². The van der Waals surface area contributed by atoms with Crippen LogP contribution >= 0.6 is 24.2 Å². The maximum atomic E-state index is 12.9. The van der Waals surface area contributed by atoms with E-state index in [1.165, 1.54) is 6.07 Å². The van der Waals surface area contributed by atoms with Crippen LogP contribution in [0.2, 0.25) is 5.02 Å². The number of hydrogen-bond donors (Lipinski definition) is 1. The molecule has 88 valence electrons. The molecular weight excluding hydrogens is 249 g/mol. The predicted octanol–water partition coefficient (Wildman–Crippen LogP) is 2.41. The Morgan fingerprint density at radius 1 is 1.56 bits per heavy atom. The molecule has 0 aliphatic rings. The molecule has 0 N–H and O–H groups in total. The minimum atomic E-state index is -0.426. The van der Waals surface area contributed by atoms with Crippen LogP contribution in [-0.4, -0.2) is 30.2 Å². The summed E-state index contributed by atoms with van der Waals surface area (Å²) in [5.41, 5.74) is 0.908. The van der Waals surface area contributed by atoms with Gasteiger partial charge in [-0.3, -0.25) is 4.79 Å². The number of nitrogens with zero attached hydrogens (tertiary/aromatic N) is 1. The van der Waals surface area contributed by atoms with Crippen LogP contribution in [0.15, 0.2) is 18.2 Å². The highest BCUT2D eigenvalue weighted by Crippen LogP contribution is 2.16. The molecule has 0 aliphatic carbocycles. The van der Waals surface area contributed by atoms with Crippen molar-refractivity contribution in [3.05, 3.63) is 34.6 Å². The molecule has 0 aromatic heterocycles. The number of hydrogen-bond acceptors (Lipinski definition) is 2. The minimum Gasteiger partial charge on any atom is -0.345 e. The van der Waals surface area contributed by atoms with Crippen molar-refractivity contribution < 1.29 is 9.18 Å². The fourth-order valence-corrected chi connectivity index (χ4v) is 1.68. The molecule has 1 amide bonds. The summed E-state index contributed by atoms with van der Waals surface area (Å²) < 4.78 is 12.9. The van der Waals surface area contributed by atoms with Crippen molar-refractivity contribution in [2.24, 2.45) is 0 Å². The number of thiol groups is 1. The highest BCUT2D eigenvalue weighted by atomic mass is 35.5. The molecule has 1 aromatic carbocycles. The Morgan fingerprint density at radius 3 is 2.81 bits per heavy atom. The molecule has 0 spiro atoms. The van der Waals surface area contributed by atoms with Gasteiger partial charge in [0.05, 0.1) is 10.8 Å². The monoisotopic (exact) mass is 261 g/mol. The fourth-order valence-electron chi connectivity index (χ4n) is 1.24. The van der Waals surface area contributed by atoms with Crippen molar-refractivity contribution in [1.82, 2.24) is 4.90 Å². The topological polar surface area (TPSA) is 20.3 Å². The van der Waals surface area contributed by atoms with Gasteiger partial charge in [0.25, 0.3) is 0 Å². The summed E-state index contributed by atoms with van der Waals surface area (Å²) in [6, 6.07) is 4.58. The van der Waals surface area contributed by atoms with E-state index in [1.807, 2.05) is 0 Å². The second kappa shape index (κ2) is 6.11. The zero-order chi connectivity index (χ0) is 12.1. The third-order valence-electron chi connectivity index (χ3n) is 2.28. The summed E-state index contributed by atoms with van der Waals surface area (Å²) in [6.45, 7) is 0.571. The number of halogens is 2. The molecule has 1 aromatic rings. The average Bonchev–Trinajstić information content (AvgIpc) is 2.29. The first-order valence-corrected chi connectivity index (χ1v) is 5.84. The van der Waals surface area contributed by atoms with Crippen molar-refractivity contribution in [1.29, 1.82) is 0 Å². The molecule has 0 saturated heterocycles. The molecule has 5 heteroatoms. The molecule has 0 bridgehead atoms. The molecule has 0 atom stereocenters. The van der Waals surface area contributed by atoms with Gasteiger partial charge in [0.15, 0.2) is 0 Å². The Hall–Kier alpha value is -0.740. The largest absolute Gasteiger partial charge is 0.345 e. The first-order valence-electron chi connectivity index (χ1n) is 4.83.